The third-order valence-corrected chi connectivity index (χ3v) is 12.4. The molecule has 8 rings (SSSR count). The summed E-state index contributed by atoms with van der Waals surface area (Å²) in [6, 6.07) is 26.7. The smallest absolute Gasteiger partial charge is 0.415 e. The van der Waals surface area contributed by atoms with Crippen LogP contribution in [0.1, 0.15) is 98.2 Å². The summed E-state index contributed by atoms with van der Waals surface area (Å²) < 4.78 is 17.4. The zero-order valence-corrected chi connectivity index (χ0v) is 31.8. The Hall–Kier alpha value is -4.50. The summed E-state index contributed by atoms with van der Waals surface area (Å²) in [7, 11) is 1.60. The molecule has 4 aromatic carbocycles. The average Bonchev–Trinajstić information content (AvgIpc) is 3.78. The zero-order valence-electron chi connectivity index (χ0n) is 31.8. The number of nitrogens with zero attached hydrogens (tertiary/aromatic N) is 1. The molecule has 8 nitrogen and oxygen atoms in total. The highest BCUT2D eigenvalue weighted by atomic mass is 16.6. The van der Waals surface area contributed by atoms with Crippen LogP contribution in [0.2, 0.25) is 0 Å². The van der Waals surface area contributed by atoms with E-state index in [1.165, 1.54) is 5.57 Å². The summed E-state index contributed by atoms with van der Waals surface area (Å²) in [6.45, 7) is 5.27. The molecule has 0 spiro atoms. The second-order valence-electron chi connectivity index (χ2n) is 15.9. The van der Waals surface area contributed by atoms with Gasteiger partial charge in [0.1, 0.15) is 11.5 Å². The predicted molar refractivity (Wildman–Crippen MR) is 210 cm³/mol. The van der Waals surface area contributed by atoms with Crippen molar-refractivity contribution in [1.82, 2.24) is 4.90 Å². The third kappa shape index (κ3) is 7.97. The lowest BCUT2D eigenvalue weighted by atomic mass is 9.64. The molecule has 4 aromatic rings. The number of hydrogen-bond donors (Lipinski definition) is 2. The number of ketones is 1. The molecule has 1 amide bonds. The van der Waals surface area contributed by atoms with E-state index in [-0.39, 0.29) is 24.3 Å². The van der Waals surface area contributed by atoms with Crippen LogP contribution in [0.3, 0.4) is 0 Å². The molecule has 2 N–H and O–H groups in total. The van der Waals surface area contributed by atoms with Gasteiger partial charge >= 0.3 is 6.09 Å². The Morgan fingerprint density at radius 3 is 2.46 bits per heavy atom. The number of carbonyl (C=O) groups is 2. The van der Waals surface area contributed by atoms with Crippen molar-refractivity contribution in [2.24, 2.45) is 5.41 Å². The normalized spacial score (nSPS) is 25.8. The Balaban J connectivity index is 1.26. The van der Waals surface area contributed by atoms with Crippen molar-refractivity contribution in [3.63, 3.8) is 0 Å². The van der Waals surface area contributed by atoms with Gasteiger partial charge in [0, 0.05) is 23.1 Å². The van der Waals surface area contributed by atoms with Crippen LogP contribution in [0.5, 0.6) is 11.5 Å². The van der Waals surface area contributed by atoms with Crippen LogP contribution in [0.25, 0.3) is 10.8 Å². The van der Waals surface area contributed by atoms with Crippen LogP contribution in [-0.2, 0) is 11.2 Å². The van der Waals surface area contributed by atoms with E-state index in [0.717, 1.165) is 41.2 Å². The van der Waals surface area contributed by atoms with Crippen LogP contribution in [0, 0.1) is 5.41 Å². The first kappa shape index (κ1) is 37.8. The first-order valence-electron chi connectivity index (χ1n) is 19.5. The van der Waals surface area contributed by atoms with Gasteiger partial charge < -0.3 is 29.3 Å². The zero-order chi connectivity index (χ0) is 37.9. The predicted octanol–water partition coefficient (Wildman–Crippen LogP) is 8.80. The first-order valence-corrected chi connectivity index (χ1v) is 19.5. The molecule has 0 aromatic heterocycles. The molecule has 1 heterocycles. The molecule has 3 aliphatic carbocycles. The maximum atomic E-state index is 14.4. The summed E-state index contributed by atoms with van der Waals surface area (Å²) in [4.78, 5) is 30.3. The van der Waals surface area contributed by atoms with E-state index in [1.807, 2.05) is 60.7 Å². The number of carbonyl (C=O) groups excluding carboxylic acids is 2. The third-order valence-electron chi connectivity index (χ3n) is 12.4. The second-order valence-corrected chi connectivity index (χ2v) is 15.9. The second kappa shape index (κ2) is 16.1. The van der Waals surface area contributed by atoms with Gasteiger partial charge in [0.25, 0.3) is 0 Å². The summed E-state index contributed by atoms with van der Waals surface area (Å²) in [6.07, 6.45) is 7.04. The van der Waals surface area contributed by atoms with Crippen LogP contribution < -0.4 is 9.47 Å². The van der Waals surface area contributed by atoms with Crippen LogP contribution in [0.4, 0.5) is 4.79 Å². The number of amides is 1. The lowest BCUT2D eigenvalue weighted by Gasteiger charge is -2.46. The molecule has 5 atom stereocenters. The lowest BCUT2D eigenvalue weighted by molar-refractivity contribution is -0.0831. The molecule has 2 fully saturated rings. The fourth-order valence-electron chi connectivity index (χ4n) is 9.04. The number of benzene rings is 4. The highest BCUT2D eigenvalue weighted by Gasteiger charge is 2.58. The van der Waals surface area contributed by atoms with Gasteiger partial charge in [-0.3, -0.25) is 4.79 Å². The Morgan fingerprint density at radius 2 is 1.70 bits per heavy atom. The highest BCUT2D eigenvalue weighted by molar-refractivity contribution is 6.10. The van der Waals surface area contributed by atoms with Crippen molar-refractivity contribution in [1.29, 1.82) is 0 Å². The molecular weight excluding hydrogens is 679 g/mol. The molecule has 1 aliphatic heterocycles. The standard InChI is InChI=1S/C46H53NO7/c1-31-8-6-23-45(2)42(40-21-13-32(26-36(48)17-12-31)27-41(40)43(49)34-15-18-37(52-3)19-16-34)22-24-46(45,51)30-47(29-39-11-7-25-53-39)44(50)54-38-20-14-33-9-4-5-10-35(33)28-38/h4-5,8-10,13-16,18-21,27-28,36,39,42,48,51H,6-7,11-12,17,22-26,29-30H2,1-3H3/t36-,39+,42-,45-,46+/m0/s1. The van der Waals surface area contributed by atoms with Crippen molar-refractivity contribution in [2.75, 3.05) is 26.8 Å². The fraction of sp³-hybridized carbons (Fsp3) is 0.435. The molecule has 4 aliphatic rings. The van der Waals surface area contributed by atoms with E-state index in [9.17, 15) is 19.8 Å². The molecule has 0 radical (unpaired) electrons. The minimum absolute atomic E-state index is 0.0704. The quantitative estimate of drug-likeness (QED) is 0.138. The largest absolute Gasteiger partial charge is 0.497 e. The van der Waals surface area contributed by atoms with E-state index < -0.39 is 23.2 Å². The Kier molecular flexibility index (Phi) is 11.3. The number of hydrogen-bond acceptors (Lipinski definition) is 7. The van der Waals surface area contributed by atoms with E-state index in [2.05, 4.69) is 19.9 Å². The van der Waals surface area contributed by atoms with Crippen molar-refractivity contribution < 1.29 is 34.0 Å². The Bertz CT molecular complexity index is 2000. The van der Waals surface area contributed by atoms with Gasteiger partial charge in [0.05, 0.1) is 38.0 Å². The molecule has 8 heteroatoms. The van der Waals surface area contributed by atoms with Gasteiger partial charge in [-0.15, -0.1) is 0 Å². The summed E-state index contributed by atoms with van der Waals surface area (Å²) >= 11 is 0. The van der Waals surface area contributed by atoms with E-state index >= 15 is 0 Å². The molecule has 1 saturated heterocycles. The molecular formula is C46H53NO7. The average molecular weight is 732 g/mol. The number of allylic oxidation sites excluding steroid dienone is 2. The van der Waals surface area contributed by atoms with Crippen molar-refractivity contribution in [2.45, 2.75) is 95.4 Å². The number of methoxy groups -OCH3 is 1. The lowest BCUT2D eigenvalue weighted by Crippen LogP contribution is -2.55. The maximum absolute atomic E-state index is 14.4. The van der Waals surface area contributed by atoms with Crippen molar-refractivity contribution in [3.8, 4) is 11.5 Å². The minimum Gasteiger partial charge on any atom is -0.497 e. The number of aliphatic hydroxyl groups excluding tert-OH is 1. The summed E-state index contributed by atoms with van der Waals surface area (Å²) in [5, 5.41) is 26.1. The maximum Gasteiger partial charge on any atom is 0.415 e. The van der Waals surface area contributed by atoms with Crippen LogP contribution in [0.15, 0.2) is 96.6 Å². The molecule has 0 unspecified atom stereocenters. The minimum atomic E-state index is -1.30. The van der Waals surface area contributed by atoms with E-state index in [0.29, 0.717) is 74.3 Å². The van der Waals surface area contributed by atoms with Gasteiger partial charge in [0.2, 0.25) is 0 Å². The van der Waals surface area contributed by atoms with Crippen LogP contribution >= 0.6 is 0 Å². The van der Waals surface area contributed by atoms with Gasteiger partial charge in [0.15, 0.2) is 5.78 Å². The monoisotopic (exact) mass is 731 g/mol. The van der Waals surface area contributed by atoms with Crippen molar-refractivity contribution in [3.05, 3.63) is 119 Å². The highest BCUT2D eigenvalue weighted by Crippen LogP contribution is 2.59. The molecule has 54 heavy (non-hydrogen) atoms. The Morgan fingerprint density at radius 1 is 0.926 bits per heavy atom. The number of fused-ring (bicyclic) bond motifs is 9. The summed E-state index contributed by atoms with van der Waals surface area (Å²) in [5.74, 6) is 0.825. The number of ether oxygens (including phenoxy) is 3. The van der Waals surface area contributed by atoms with Gasteiger partial charge in [-0.25, -0.2) is 4.79 Å². The van der Waals surface area contributed by atoms with Gasteiger partial charge in [-0.1, -0.05) is 61.0 Å². The fourth-order valence-corrected chi connectivity index (χ4v) is 9.04. The number of aliphatic hydroxyl groups is 2. The topological polar surface area (TPSA) is 106 Å². The van der Waals surface area contributed by atoms with Crippen molar-refractivity contribution >= 4 is 22.6 Å². The van der Waals surface area contributed by atoms with E-state index in [4.69, 9.17) is 14.2 Å². The van der Waals surface area contributed by atoms with Crippen LogP contribution in [-0.4, -0.2) is 71.6 Å². The molecule has 2 bridgehead atoms. The van der Waals surface area contributed by atoms with Gasteiger partial charge in [-0.05, 0) is 135 Å². The molecule has 284 valence electrons. The molecule has 1 saturated carbocycles. The Labute approximate surface area is 318 Å². The SMILES string of the molecule is COc1ccc(C(=O)c2cc3ccc2[C@@H]2CC[C@@](O)(CN(C[C@H]4CCCO4)C(=O)Oc4ccc5ccccc5c4)[C@@]2(C)CCC=C(C)CC[C@H](O)C3)cc1. The van der Waals surface area contributed by atoms with Gasteiger partial charge in [-0.2, -0.15) is 0 Å². The summed E-state index contributed by atoms with van der Waals surface area (Å²) in [5.41, 5.74) is 2.10. The first-order chi connectivity index (χ1) is 26.0. The number of rotatable bonds is 8. The van der Waals surface area contributed by atoms with E-state index in [1.54, 1.807) is 36.3 Å².